The molecule has 2 unspecified atom stereocenters. The number of carbonyl (C=O) groups excluding carboxylic acids is 4. The van der Waals surface area contributed by atoms with E-state index in [0.717, 1.165) is 102 Å². The Morgan fingerprint density at radius 3 is 0.731 bits per heavy atom. The normalized spacial score (nSPS) is 14.0. The van der Waals surface area contributed by atoms with Crippen molar-refractivity contribution < 1.29 is 80.2 Å². The van der Waals surface area contributed by atoms with Crippen molar-refractivity contribution in [2.24, 2.45) is 5.92 Å². The molecule has 0 spiro atoms. The van der Waals surface area contributed by atoms with E-state index in [9.17, 15) is 43.2 Å². The number of unbranched alkanes of at least 4 members (excludes halogenated alkanes) is 46. The zero-order valence-corrected chi connectivity index (χ0v) is 62.2. The minimum Gasteiger partial charge on any atom is -0.462 e. The first-order chi connectivity index (χ1) is 45.0. The first-order valence-corrected chi connectivity index (χ1v) is 41.6. The summed E-state index contributed by atoms with van der Waals surface area (Å²) in [4.78, 5) is 72.4. The van der Waals surface area contributed by atoms with Crippen LogP contribution in [0.2, 0.25) is 0 Å². The molecule has 0 fully saturated rings. The summed E-state index contributed by atoms with van der Waals surface area (Å²) in [6.45, 7) is 7.22. The van der Waals surface area contributed by atoms with E-state index in [1.807, 2.05) is 0 Å². The highest BCUT2D eigenvalue weighted by atomic mass is 31.2. The monoisotopic (exact) mass is 1370 g/mol. The van der Waals surface area contributed by atoms with Gasteiger partial charge in [0.1, 0.15) is 19.3 Å². The quantitative estimate of drug-likeness (QED) is 0.0222. The van der Waals surface area contributed by atoms with Gasteiger partial charge in [0.2, 0.25) is 0 Å². The van der Waals surface area contributed by atoms with Crippen molar-refractivity contribution in [2.75, 3.05) is 39.6 Å². The summed E-state index contributed by atoms with van der Waals surface area (Å²) in [6.07, 6.45) is 55.9. The maximum atomic E-state index is 13.1. The van der Waals surface area contributed by atoms with Crippen LogP contribution in [0.25, 0.3) is 0 Å². The molecule has 0 aliphatic carbocycles. The van der Waals surface area contributed by atoms with Gasteiger partial charge in [-0.25, -0.2) is 9.13 Å². The first kappa shape index (κ1) is 91.1. The second-order valence-corrected chi connectivity index (χ2v) is 30.1. The summed E-state index contributed by atoms with van der Waals surface area (Å²) in [5.41, 5.74) is 0. The van der Waals surface area contributed by atoms with E-state index in [0.29, 0.717) is 25.7 Å². The highest BCUT2D eigenvalue weighted by molar-refractivity contribution is 7.47. The first-order valence-electron chi connectivity index (χ1n) is 38.6. The van der Waals surface area contributed by atoms with E-state index < -0.39 is 97.5 Å². The summed E-state index contributed by atoms with van der Waals surface area (Å²) in [7, 11) is -9.89. The molecule has 17 nitrogen and oxygen atoms in total. The van der Waals surface area contributed by atoms with E-state index in [1.54, 1.807) is 0 Å². The number of aliphatic hydroxyl groups excluding tert-OH is 1. The van der Waals surface area contributed by atoms with Crippen molar-refractivity contribution in [2.45, 2.75) is 406 Å². The second-order valence-electron chi connectivity index (χ2n) is 27.2. The van der Waals surface area contributed by atoms with Crippen LogP contribution >= 0.6 is 15.6 Å². The van der Waals surface area contributed by atoms with Crippen molar-refractivity contribution >= 4 is 39.5 Å². The number of esters is 4. The molecule has 19 heteroatoms. The fourth-order valence-corrected chi connectivity index (χ4v) is 12.9. The fraction of sp³-hybridized carbons (Fsp3) is 0.946. The van der Waals surface area contributed by atoms with E-state index in [4.69, 9.17) is 37.0 Å². The summed E-state index contributed by atoms with van der Waals surface area (Å²) in [5.74, 6) is -1.32. The summed E-state index contributed by atoms with van der Waals surface area (Å²) < 4.78 is 68.2. The Balaban J connectivity index is 5.13. The van der Waals surface area contributed by atoms with Crippen LogP contribution in [0.4, 0.5) is 0 Å². The Kier molecular flexibility index (Phi) is 65.9. The van der Waals surface area contributed by atoms with Crippen molar-refractivity contribution in [1.82, 2.24) is 0 Å². The molecular weight excluding hydrogens is 1220 g/mol. The maximum absolute atomic E-state index is 13.1. The molecule has 0 heterocycles. The van der Waals surface area contributed by atoms with E-state index in [2.05, 4.69) is 34.6 Å². The van der Waals surface area contributed by atoms with Crippen molar-refractivity contribution in [1.29, 1.82) is 0 Å². The molecule has 5 atom stereocenters. The average Bonchev–Trinajstić information content (AvgIpc) is 1.87. The number of phosphoric ester groups is 2. The molecule has 0 aliphatic rings. The predicted octanol–water partition coefficient (Wildman–Crippen LogP) is 21.7. The lowest BCUT2D eigenvalue weighted by molar-refractivity contribution is -0.161. The molecule has 0 saturated heterocycles. The Morgan fingerprint density at radius 2 is 0.495 bits per heavy atom. The van der Waals surface area contributed by atoms with Gasteiger partial charge in [-0.15, -0.1) is 0 Å². The number of hydrogen-bond donors (Lipinski definition) is 3. The molecule has 3 N–H and O–H groups in total. The minimum atomic E-state index is -4.95. The average molecular weight is 1370 g/mol. The van der Waals surface area contributed by atoms with Crippen molar-refractivity contribution in [3.63, 3.8) is 0 Å². The second kappa shape index (κ2) is 67.3. The highest BCUT2D eigenvalue weighted by Gasteiger charge is 2.30. The zero-order valence-electron chi connectivity index (χ0n) is 60.4. The summed E-state index contributed by atoms with van der Waals surface area (Å²) >= 11 is 0. The molecule has 0 saturated carbocycles. The number of carbonyl (C=O) groups is 4. The van der Waals surface area contributed by atoms with Crippen LogP contribution in [0.15, 0.2) is 0 Å². The molecule has 0 amide bonds. The largest absolute Gasteiger partial charge is 0.472 e. The standard InChI is InChI=1S/C74H144O17P2/c1-6-9-12-15-17-19-21-22-23-24-25-29-32-36-39-43-48-53-58-72(77)85-64-70(91-74(79)60-55-50-45-41-37-33-30-27-26-28-31-35-38-42-47-51-56-67(4)5)66-89-93(82,83)87-62-68(75)61-86-92(80,81)88-65-69(63-84-71(76)57-52-46-14-11-8-3)90-73(78)59-54-49-44-40-34-20-18-16-13-10-7-2/h67-70,75H,6-66H2,1-5H3,(H,80,81)(H,82,83)/t68-,69+,70+/m0/s1. The minimum absolute atomic E-state index is 0.106. The van der Waals surface area contributed by atoms with E-state index >= 15 is 0 Å². The SMILES string of the molecule is CCCCCCCCCCCCCCCCCCCCC(=O)OC[C@H](COP(=O)(O)OC[C@@H](O)COP(=O)(O)OC[C@@H](COC(=O)CCCCCCC)OC(=O)CCCCCCCCCCCCC)OC(=O)CCCCCCCCCCCCCCCCCCC(C)C. The number of rotatable bonds is 74. The van der Waals surface area contributed by atoms with Crippen LogP contribution in [-0.4, -0.2) is 96.7 Å². The highest BCUT2D eigenvalue weighted by Crippen LogP contribution is 2.45. The van der Waals surface area contributed by atoms with Crippen LogP contribution in [0.5, 0.6) is 0 Å². The van der Waals surface area contributed by atoms with Crippen LogP contribution in [0.1, 0.15) is 388 Å². The predicted molar refractivity (Wildman–Crippen MR) is 377 cm³/mol. The van der Waals surface area contributed by atoms with Gasteiger partial charge in [-0.2, -0.15) is 0 Å². The van der Waals surface area contributed by atoms with Crippen LogP contribution in [0.3, 0.4) is 0 Å². The molecule has 0 aromatic heterocycles. The Morgan fingerprint density at radius 1 is 0.290 bits per heavy atom. The lowest BCUT2D eigenvalue weighted by Crippen LogP contribution is -2.30. The third-order valence-electron chi connectivity index (χ3n) is 17.3. The smallest absolute Gasteiger partial charge is 0.462 e. The molecule has 0 radical (unpaired) electrons. The molecule has 0 aromatic rings. The number of aliphatic hydroxyl groups is 1. The van der Waals surface area contributed by atoms with Gasteiger partial charge in [0.05, 0.1) is 26.4 Å². The van der Waals surface area contributed by atoms with Crippen LogP contribution < -0.4 is 0 Å². The van der Waals surface area contributed by atoms with Crippen LogP contribution in [0, 0.1) is 5.92 Å². The Hall–Kier alpha value is -1.94. The molecule has 0 rings (SSSR count). The topological polar surface area (TPSA) is 237 Å². The number of phosphoric acid groups is 2. The number of ether oxygens (including phenoxy) is 4. The third-order valence-corrected chi connectivity index (χ3v) is 19.2. The van der Waals surface area contributed by atoms with E-state index in [1.165, 1.54) is 205 Å². The molecule has 0 aromatic carbocycles. The Labute approximate surface area is 568 Å². The molecule has 552 valence electrons. The van der Waals surface area contributed by atoms with Gasteiger partial charge in [-0.1, -0.05) is 336 Å². The van der Waals surface area contributed by atoms with Gasteiger partial charge in [-0.05, 0) is 31.6 Å². The van der Waals surface area contributed by atoms with Gasteiger partial charge in [0.15, 0.2) is 12.2 Å². The van der Waals surface area contributed by atoms with Crippen molar-refractivity contribution in [3.8, 4) is 0 Å². The van der Waals surface area contributed by atoms with Crippen LogP contribution in [-0.2, 0) is 65.4 Å². The van der Waals surface area contributed by atoms with Gasteiger partial charge in [0, 0.05) is 25.7 Å². The zero-order chi connectivity index (χ0) is 68.4. The van der Waals surface area contributed by atoms with Gasteiger partial charge < -0.3 is 33.8 Å². The lowest BCUT2D eigenvalue weighted by Gasteiger charge is -2.21. The third kappa shape index (κ3) is 68.4. The lowest BCUT2D eigenvalue weighted by atomic mass is 10.0. The fourth-order valence-electron chi connectivity index (χ4n) is 11.4. The van der Waals surface area contributed by atoms with Gasteiger partial charge in [0.25, 0.3) is 0 Å². The molecule has 93 heavy (non-hydrogen) atoms. The van der Waals surface area contributed by atoms with Gasteiger partial charge in [-0.3, -0.25) is 37.3 Å². The number of hydrogen-bond acceptors (Lipinski definition) is 15. The van der Waals surface area contributed by atoms with Gasteiger partial charge >= 0.3 is 39.5 Å². The summed E-state index contributed by atoms with van der Waals surface area (Å²) in [6, 6.07) is 0. The summed E-state index contributed by atoms with van der Waals surface area (Å²) in [5, 5.41) is 10.6. The maximum Gasteiger partial charge on any atom is 0.472 e. The molecule has 0 aliphatic heterocycles. The molecular formula is C74H144O17P2. The Bertz CT molecular complexity index is 1790. The van der Waals surface area contributed by atoms with Crippen molar-refractivity contribution in [3.05, 3.63) is 0 Å². The van der Waals surface area contributed by atoms with E-state index in [-0.39, 0.29) is 25.7 Å². The molecule has 0 bridgehead atoms.